The number of pyridine rings is 1. The van der Waals surface area contributed by atoms with Gasteiger partial charge in [-0.05, 0) is 48.9 Å². The normalized spacial score (nSPS) is 11.2. The van der Waals surface area contributed by atoms with E-state index in [1.54, 1.807) is 54.7 Å². The van der Waals surface area contributed by atoms with E-state index < -0.39 is 4.92 Å². The molecule has 0 spiro atoms. The number of anilines is 1. The minimum Gasteiger partial charge on any atom is -0.371 e. The summed E-state index contributed by atoms with van der Waals surface area (Å²) in [5.74, 6) is -0.355. The molecule has 0 aliphatic rings. The zero-order valence-corrected chi connectivity index (χ0v) is 18.1. The number of benzene rings is 2. The Morgan fingerprint density at radius 2 is 2.03 bits per heavy atom. The van der Waals surface area contributed by atoms with Crippen LogP contribution in [0.25, 0.3) is 0 Å². The Morgan fingerprint density at radius 1 is 1.27 bits per heavy atom. The third-order valence-corrected chi connectivity index (χ3v) is 5.04. The number of carbonyl (C=O) groups excluding carboxylic acids is 1. The molecule has 2 aromatic carbocycles. The largest absolute Gasteiger partial charge is 0.371 e. The summed E-state index contributed by atoms with van der Waals surface area (Å²) in [4.78, 5) is 30.2. The van der Waals surface area contributed by atoms with Crippen LogP contribution in [-0.2, 0) is 6.54 Å². The zero-order valence-electron chi connectivity index (χ0n) is 18.1. The predicted octanol–water partition coefficient (Wildman–Crippen LogP) is 4.86. The highest BCUT2D eigenvalue weighted by molar-refractivity contribution is 5.95. The minimum absolute atomic E-state index is 0.194. The third kappa shape index (κ3) is 5.80. The first-order valence-corrected chi connectivity index (χ1v) is 10.3. The van der Waals surface area contributed by atoms with E-state index in [1.807, 2.05) is 19.1 Å². The number of nitro benzene ring substituents is 1. The van der Waals surface area contributed by atoms with Gasteiger partial charge in [0.1, 0.15) is 5.69 Å². The number of rotatable bonds is 9. The van der Waals surface area contributed by atoms with Gasteiger partial charge in [0.05, 0.1) is 28.3 Å². The maximum Gasteiger partial charge on any atom is 0.293 e. The summed E-state index contributed by atoms with van der Waals surface area (Å²) in [6, 6.07) is 18.6. The van der Waals surface area contributed by atoms with E-state index >= 15 is 0 Å². The van der Waals surface area contributed by atoms with Crippen molar-refractivity contribution >= 4 is 17.3 Å². The van der Waals surface area contributed by atoms with Crippen molar-refractivity contribution in [2.24, 2.45) is 0 Å². The Balaban J connectivity index is 1.84. The summed E-state index contributed by atoms with van der Waals surface area (Å²) in [5, 5.41) is 23.8. The number of nitrogens with one attached hydrogen (secondary N) is 1. The SMILES string of the molecule is C=CCN(Cc1ccc(C#N)cc1)C(=O)c1ccc(NC(C)c2ccccn2)c([N+](=O)[O-])c1. The van der Waals surface area contributed by atoms with Crippen LogP contribution in [0.2, 0.25) is 0 Å². The van der Waals surface area contributed by atoms with Crippen LogP contribution in [0.5, 0.6) is 0 Å². The molecule has 0 aliphatic heterocycles. The van der Waals surface area contributed by atoms with Crippen molar-refractivity contribution in [3.8, 4) is 6.07 Å². The van der Waals surface area contributed by atoms with Crippen LogP contribution in [0.1, 0.15) is 40.1 Å². The molecule has 0 fully saturated rings. The molecule has 1 amide bonds. The summed E-state index contributed by atoms with van der Waals surface area (Å²) < 4.78 is 0. The van der Waals surface area contributed by atoms with Gasteiger partial charge in [-0.1, -0.05) is 24.3 Å². The number of aromatic nitrogens is 1. The van der Waals surface area contributed by atoms with E-state index in [9.17, 15) is 14.9 Å². The second kappa shape index (κ2) is 10.7. The van der Waals surface area contributed by atoms with Gasteiger partial charge in [0.15, 0.2) is 0 Å². The van der Waals surface area contributed by atoms with Crippen molar-refractivity contribution < 1.29 is 9.72 Å². The quantitative estimate of drug-likeness (QED) is 0.288. The van der Waals surface area contributed by atoms with E-state index in [1.165, 1.54) is 11.0 Å². The monoisotopic (exact) mass is 441 g/mol. The lowest BCUT2D eigenvalue weighted by Crippen LogP contribution is -2.30. The zero-order chi connectivity index (χ0) is 23.8. The number of carbonyl (C=O) groups is 1. The lowest BCUT2D eigenvalue weighted by molar-refractivity contribution is -0.384. The van der Waals surface area contributed by atoms with Gasteiger partial charge >= 0.3 is 0 Å². The molecule has 8 nitrogen and oxygen atoms in total. The van der Waals surface area contributed by atoms with Gasteiger partial charge in [-0.2, -0.15) is 5.26 Å². The van der Waals surface area contributed by atoms with Crippen LogP contribution in [0, 0.1) is 21.4 Å². The van der Waals surface area contributed by atoms with Gasteiger partial charge in [0.2, 0.25) is 0 Å². The van der Waals surface area contributed by atoms with Gasteiger partial charge in [0.25, 0.3) is 11.6 Å². The Kier molecular flexibility index (Phi) is 7.50. The second-order valence-electron chi connectivity index (χ2n) is 7.39. The summed E-state index contributed by atoms with van der Waals surface area (Å²) in [5.41, 5.74) is 2.41. The number of nitrogens with zero attached hydrogens (tertiary/aromatic N) is 4. The lowest BCUT2D eigenvalue weighted by atomic mass is 10.1. The van der Waals surface area contributed by atoms with Crippen LogP contribution < -0.4 is 5.32 Å². The number of nitro groups is 1. The van der Waals surface area contributed by atoms with Gasteiger partial charge in [0, 0.05) is 30.9 Å². The minimum atomic E-state index is -0.511. The molecule has 8 heteroatoms. The van der Waals surface area contributed by atoms with E-state index in [2.05, 4.69) is 22.9 Å². The summed E-state index contributed by atoms with van der Waals surface area (Å²) >= 11 is 0. The van der Waals surface area contributed by atoms with Crippen LogP contribution in [-0.4, -0.2) is 27.3 Å². The molecule has 1 N–H and O–H groups in total. The molecular weight excluding hydrogens is 418 g/mol. The Bertz CT molecular complexity index is 1190. The topological polar surface area (TPSA) is 112 Å². The summed E-state index contributed by atoms with van der Waals surface area (Å²) in [6.07, 6.45) is 3.26. The molecule has 3 aromatic rings. The Morgan fingerprint density at radius 3 is 2.64 bits per heavy atom. The predicted molar refractivity (Wildman–Crippen MR) is 125 cm³/mol. The molecule has 0 radical (unpaired) electrons. The van der Waals surface area contributed by atoms with Crippen molar-refractivity contribution in [1.82, 2.24) is 9.88 Å². The maximum absolute atomic E-state index is 13.2. The third-order valence-electron chi connectivity index (χ3n) is 5.04. The molecule has 166 valence electrons. The fourth-order valence-electron chi connectivity index (χ4n) is 3.34. The first-order valence-electron chi connectivity index (χ1n) is 10.3. The van der Waals surface area contributed by atoms with E-state index in [0.29, 0.717) is 11.3 Å². The standard InChI is InChI=1S/C25H23N5O3/c1-3-14-29(17-20-9-7-19(16-26)8-10-20)25(31)21-11-12-23(24(15-21)30(32)33)28-18(2)22-6-4-5-13-27-22/h3-13,15,18,28H,1,14,17H2,2H3. The fraction of sp³-hybridized carbons (Fsp3) is 0.160. The summed E-state index contributed by atoms with van der Waals surface area (Å²) in [6.45, 7) is 6.11. The molecule has 0 aliphatic carbocycles. The highest BCUT2D eigenvalue weighted by Gasteiger charge is 2.22. The van der Waals surface area contributed by atoms with E-state index in [4.69, 9.17) is 5.26 Å². The highest BCUT2D eigenvalue weighted by Crippen LogP contribution is 2.29. The van der Waals surface area contributed by atoms with Crippen molar-refractivity contribution in [3.05, 3.63) is 112 Å². The summed E-state index contributed by atoms with van der Waals surface area (Å²) in [7, 11) is 0. The molecule has 1 aromatic heterocycles. The highest BCUT2D eigenvalue weighted by atomic mass is 16.6. The van der Waals surface area contributed by atoms with Gasteiger partial charge in [-0.3, -0.25) is 19.9 Å². The van der Waals surface area contributed by atoms with Crippen LogP contribution in [0.15, 0.2) is 79.5 Å². The van der Waals surface area contributed by atoms with Crippen molar-refractivity contribution in [3.63, 3.8) is 0 Å². The molecular formula is C25H23N5O3. The van der Waals surface area contributed by atoms with Crippen molar-refractivity contribution in [2.75, 3.05) is 11.9 Å². The number of amides is 1. The van der Waals surface area contributed by atoms with Gasteiger partial charge in [-0.25, -0.2) is 0 Å². The molecule has 1 atom stereocenters. The van der Waals surface area contributed by atoms with Gasteiger partial charge in [-0.15, -0.1) is 6.58 Å². The van der Waals surface area contributed by atoms with Crippen LogP contribution in [0.4, 0.5) is 11.4 Å². The van der Waals surface area contributed by atoms with Crippen LogP contribution in [0.3, 0.4) is 0 Å². The average molecular weight is 441 g/mol. The Labute approximate surface area is 192 Å². The Hall–Kier alpha value is -4.51. The second-order valence-corrected chi connectivity index (χ2v) is 7.39. The van der Waals surface area contributed by atoms with E-state index in [-0.39, 0.29) is 36.3 Å². The number of nitriles is 1. The smallest absolute Gasteiger partial charge is 0.293 e. The molecule has 0 saturated carbocycles. The van der Waals surface area contributed by atoms with E-state index in [0.717, 1.165) is 11.3 Å². The molecule has 33 heavy (non-hydrogen) atoms. The first kappa shape index (κ1) is 23.2. The molecule has 0 bridgehead atoms. The fourth-order valence-corrected chi connectivity index (χ4v) is 3.34. The molecule has 1 heterocycles. The maximum atomic E-state index is 13.2. The number of hydrogen-bond donors (Lipinski definition) is 1. The van der Waals surface area contributed by atoms with Crippen molar-refractivity contribution in [2.45, 2.75) is 19.5 Å². The van der Waals surface area contributed by atoms with Crippen LogP contribution >= 0.6 is 0 Å². The van der Waals surface area contributed by atoms with Gasteiger partial charge < -0.3 is 10.2 Å². The lowest BCUT2D eigenvalue weighted by Gasteiger charge is -2.22. The van der Waals surface area contributed by atoms with Crippen molar-refractivity contribution in [1.29, 1.82) is 5.26 Å². The average Bonchev–Trinajstić information content (AvgIpc) is 2.84. The molecule has 1 unspecified atom stereocenters. The molecule has 3 rings (SSSR count). The first-order chi connectivity index (χ1) is 15.9. The number of hydrogen-bond acceptors (Lipinski definition) is 6. The molecule has 0 saturated heterocycles.